The maximum Gasteiger partial charge on any atom is 0.252 e. The molecule has 0 aliphatic rings. The highest BCUT2D eigenvalue weighted by Crippen LogP contribution is 2.18. The van der Waals surface area contributed by atoms with Crippen molar-refractivity contribution < 1.29 is 14.3 Å². The third kappa shape index (κ3) is 4.35. The number of hydrogen-bond acceptors (Lipinski definition) is 5. The number of nitrogens with zero attached hydrogens (tertiary/aromatic N) is 3. The van der Waals surface area contributed by atoms with Gasteiger partial charge < -0.3 is 14.8 Å². The molecule has 0 aliphatic carbocycles. The number of rotatable bonds is 7. The van der Waals surface area contributed by atoms with Gasteiger partial charge >= 0.3 is 0 Å². The molecule has 0 bridgehead atoms. The topological polar surface area (TPSA) is 78.3 Å². The minimum Gasteiger partial charge on any atom is -0.497 e. The SMILES string of the molecule is COc1cccc(OCCNC(=O)c2ccc(-n3cccn3)nc2)c1. The van der Waals surface area contributed by atoms with E-state index < -0.39 is 0 Å². The predicted octanol–water partition coefficient (Wildman–Crippen LogP) is 2.08. The van der Waals surface area contributed by atoms with Crippen LogP contribution in [-0.2, 0) is 0 Å². The summed E-state index contributed by atoms with van der Waals surface area (Å²) in [7, 11) is 1.60. The van der Waals surface area contributed by atoms with Gasteiger partial charge in [0.25, 0.3) is 5.91 Å². The Kier molecular flexibility index (Phi) is 5.26. The molecule has 1 aromatic carbocycles. The van der Waals surface area contributed by atoms with Gasteiger partial charge in [0.1, 0.15) is 18.1 Å². The summed E-state index contributed by atoms with van der Waals surface area (Å²) in [4.78, 5) is 16.3. The molecule has 1 N–H and O–H groups in total. The van der Waals surface area contributed by atoms with Gasteiger partial charge in [-0.15, -0.1) is 0 Å². The second kappa shape index (κ2) is 7.96. The number of methoxy groups -OCH3 is 1. The quantitative estimate of drug-likeness (QED) is 0.667. The second-order valence-electron chi connectivity index (χ2n) is 5.14. The van der Waals surface area contributed by atoms with E-state index in [9.17, 15) is 4.79 Å². The summed E-state index contributed by atoms with van der Waals surface area (Å²) in [5, 5.41) is 6.89. The maximum absolute atomic E-state index is 12.1. The molecular weight excluding hydrogens is 320 g/mol. The number of benzene rings is 1. The number of aromatic nitrogens is 3. The Bertz CT molecular complexity index is 817. The van der Waals surface area contributed by atoms with Crippen LogP contribution in [0.1, 0.15) is 10.4 Å². The van der Waals surface area contributed by atoms with Crippen molar-refractivity contribution in [1.29, 1.82) is 0 Å². The van der Waals surface area contributed by atoms with Crippen molar-refractivity contribution in [2.75, 3.05) is 20.3 Å². The average molecular weight is 338 g/mol. The van der Waals surface area contributed by atoms with E-state index in [4.69, 9.17) is 9.47 Å². The van der Waals surface area contributed by atoms with Gasteiger partial charge in [-0.2, -0.15) is 5.10 Å². The minimum absolute atomic E-state index is 0.200. The fraction of sp³-hybridized carbons (Fsp3) is 0.167. The Morgan fingerprint density at radius 2 is 2.08 bits per heavy atom. The van der Waals surface area contributed by atoms with E-state index in [1.54, 1.807) is 42.4 Å². The summed E-state index contributed by atoms with van der Waals surface area (Å²) in [6.07, 6.45) is 4.98. The van der Waals surface area contributed by atoms with Crippen LogP contribution in [0.4, 0.5) is 0 Å². The number of carbonyl (C=O) groups excluding carboxylic acids is 1. The van der Waals surface area contributed by atoms with Crippen LogP contribution in [0.3, 0.4) is 0 Å². The number of ether oxygens (including phenoxy) is 2. The Morgan fingerprint density at radius 3 is 2.80 bits per heavy atom. The van der Waals surface area contributed by atoms with Crippen LogP contribution in [0.25, 0.3) is 5.82 Å². The zero-order valence-corrected chi connectivity index (χ0v) is 13.8. The highest BCUT2D eigenvalue weighted by Gasteiger charge is 2.06. The third-order valence-electron chi connectivity index (χ3n) is 3.45. The van der Waals surface area contributed by atoms with Gasteiger partial charge in [0.05, 0.1) is 19.2 Å². The summed E-state index contributed by atoms with van der Waals surface area (Å²) >= 11 is 0. The van der Waals surface area contributed by atoms with Crippen LogP contribution in [0, 0.1) is 0 Å². The van der Waals surface area contributed by atoms with Gasteiger partial charge in [-0.1, -0.05) is 6.07 Å². The van der Waals surface area contributed by atoms with Crippen LogP contribution in [0.2, 0.25) is 0 Å². The van der Waals surface area contributed by atoms with Crippen molar-refractivity contribution in [3.63, 3.8) is 0 Å². The van der Waals surface area contributed by atoms with Crippen LogP contribution in [0.5, 0.6) is 11.5 Å². The molecule has 0 aliphatic heterocycles. The van der Waals surface area contributed by atoms with Crippen LogP contribution < -0.4 is 14.8 Å². The van der Waals surface area contributed by atoms with Crippen molar-refractivity contribution in [1.82, 2.24) is 20.1 Å². The molecule has 0 unspecified atom stereocenters. The van der Waals surface area contributed by atoms with E-state index in [0.29, 0.717) is 30.3 Å². The van der Waals surface area contributed by atoms with Gasteiger partial charge in [0.2, 0.25) is 0 Å². The molecule has 0 spiro atoms. The number of carbonyl (C=O) groups is 1. The lowest BCUT2D eigenvalue weighted by atomic mass is 10.2. The molecule has 3 rings (SSSR count). The van der Waals surface area contributed by atoms with E-state index in [1.165, 1.54) is 6.20 Å². The highest BCUT2D eigenvalue weighted by atomic mass is 16.5. The van der Waals surface area contributed by atoms with Gasteiger partial charge in [-0.05, 0) is 30.3 Å². The van der Waals surface area contributed by atoms with Gasteiger partial charge in [0.15, 0.2) is 5.82 Å². The van der Waals surface area contributed by atoms with Crippen LogP contribution >= 0.6 is 0 Å². The molecule has 0 atom stereocenters. The summed E-state index contributed by atoms with van der Waals surface area (Å²) in [5.41, 5.74) is 0.484. The molecular formula is C18H18N4O3. The zero-order chi connectivity index (χ0) is 17.5. The van der Waals surface area contributed by atoms with Crippen molar-refractivity contribution >= 4 is 5.91 Å². The molecule has 7 nitrogen and oxygen atoms in total. The Balaban J connectivity index is 1.47. The summed E-state index contributed by atoms with van der Waals surface area (Å²) in [6, 6.07) is 12.6. The number of pyridine rings is 1. The maximum atomic E-state index is 12.1. The molecule has 1 amide bonds. The van der Waals surface area contributed by atoms with Gasteiger partial charge in [-0.25, -0.2) is 9.67 Å². The standard InChI is InChI=1S/C18H18N4O3/c1-24-15-4-2-5-16(12-15)25-11-9-19-18(23)14-6-7-17(20-13-14)22-10-3-8-21-22/h2-8,10,12-13H,9,11H2,1H3,(H,19,23). The van der Waals surface area contributed by atoms with Crippen molar-refractivity contribution in [2.45, 2.75) is 0 Å². The molecule has 2 heterocycles. The van der Waals surface area contributed by atoms with E-state index in [2.05, 4.69) is 15.4 Å². The summed E-state index contributed by atoms with van der Waals surface area (Å²) in [6.45, 7) is 0.745. The lowest BCUT2D eigenvalue weighted by molar-refractivity contribution is 0.0946. The monoisotopic (exact) mass is 338 g/mol. The summed E-state index contributed by atoms with van der Waals surface area (Å²) in [5.74, 6) is 1.88. The molecule has 128 valence electrons. The smallest absolute Gasteiger partial charge is 0.252 e. The lowest BCUT2D eigenvalue weighted by Gasteiger charge is -2.09. The third-order valence-corrected chi connectivity index (χ3v) is 3.45. The Labute approximate surface area is 145 Å². The Hall–Kier alpha value is -3.35. The minimum atomic E-state index is -0.200. The van der Waals surface area contributed by atoms with Gasteiger partial charge in [-0.3, -0.25) is 4.79 Å². The second-order valence-corrected chi connectivity index (χ2v) is 5.14. The van der Waals surface area contributed by atoms with Crippen LogP contribution in [-0.4, -0.2) is 40.9 Å². The molecule has 2 aromatic heterocycles. The van der Waals surface area contributed by atoms with Crippen molar-refractivity contribution in [3.05, 3.63) is 66.6 Å². The molecule has 25 heavy (non-hydrogen) atoms. The van der Waals surface area contributed by atoms with E-state index in [0.717, 1.165) is 5.75 Å². The number of hydrogen-bond donors (Lipinski definition) is 1. The van der Waals surface area contributed by atoms with Gasteiger partial charge in [0, 0.05) is 24.7 Å². The molecule has 0 fully saturated rings. The molecule has 7 heteroatoms. The Morgan fingerprint density at radius 1 is 1.20 bits per heavy atom. The first kappa shape index (κ1) is 16.5. The van der Waals surface area contributed by atoms with Crippen LogP contribution in [0.15, 0.2) is 61.1 Å². The number of nitrogens with one attached hydrogen (secondary N) is 1. The molecule has 0 radical (unpaired) electrons. The fourth-order valence-electron chi connectivity index (χ4n) is 2.19. The highest BCUT2D eigenvalue weighted by molar-refractivity contribution is 5.93. The first-order valence-corrected chi connectivity index (χ1v) is 7.77. The zero-order valence-electron chi connectivity index (χ0n) is 13.8. The number of amides is 1. The van der Waals surface area contributed by atoms with E-state index >= 15 is 0 Å². The first-order valence-electron chi connectivity index (χ1n) is 7.77. The molecule has 0 saturated carbocycles. The molecule has 3 aromatic rings. The molecule has 0 saturated heterocycles. The predicted molar refractivity (Wildman–Crippen MR) is 92.2 cm³/mol. The van der Waals surface area contributed by atoms with Crippen molar-refractivity contribution in [2.24, 2.45) is 0 Å². The van der Waals surface area contributed by atoms with Crippen molar-refractivity contribution in [3.8, 4) is 17.3 Å². The average Bonchev–Trinajstić information content (AvgIpc) is 3.20. The fourth-order valence-corrected chi connectivity index (χ4v) is 2.19. The summed E-state index contributed by atoms with van der Waals surface area (Å²) < 4.78 is 12.3. The normalized spacial score (nSPS) is 10.3. The van der Waals surface area contributed by atoms with E-state index in [1.807, 2.05) is 24.3 Å². The first-order chi connectivity index (χ1) is 12.3. The lowest BCUT2D eigenvalue weighted by Crippen LogP contribution is -2.28. The largest absolute Gasteiger partial charge is 0.497 e. The van der Waals surface area contributed by atoms with E-state index in [-0.39, 0.29) is 5.91 Å².